The fourth-order valence-corrected chi connectivity index (χ4v) is 4.01. The Hall–Kier alpha value is -2.65. The monoisotopic (exact) mass is 476 g/mol. The third-order valence-corrected chi connectivity index (χ3v) is 5.98. The van der Waals surface area contributed by atoms with Crippen LogP contribution in [0.2, 0.25) is 0 Å². The lowest BCUT2D eigenvalue weighted by Crippen LogP contribution is -2.50. The first-order valence-corrected chi connectivity index (χ1v) is 11.9. The lowest BCUT2D eigenvalue weighted by Gasteiger charge is -2.36. The molecule has 1 aliphatic heterocycles. The predicted molar refractivity (Wildman–Crippen MR) is 132 cm³/mol. The van der Waals surface area contributed by atoms with E-state index in [0.717, 1.165) is 6.42 Å². The molecular weight excluding hydrogens is 436 g/mol. The van der Waals surface area contributed by atoms with Crippen LogP contribution in [0.25, 0.3) is 0 Å². The average molecular weight is 477 g/mol. The molecule has 1 aromatic rings. The summed E-state index contributed by atoms with van der Waals surface area (Å²) in [4.78, 5) is 43.7. The number of fused-ring (bicyclic) bond motifs is 1. The largest absolute Gasteiger partial charge is 0.491 e. The summed E-state index contributed by atoms with van der Waals surface area (Å²) in [6, 6.07) is 4.83. The SMILES string of the molecule is CCCC(=O)Nc1ccc2c(c1)OC[C@H](C)N(C(=O)CN(C)C)C[C@H](C)[C@H](OC)CN(C)C2=O. The van der Waals surface area contributed by atoms with Crippen LogP contribution in [-0.2, 0) is 14.3 Å². The molecule has 190 valence electrons. The summed E-state index contributed by atoms with van der Waals surface area (Å²) in [5, 5.41) is 2.85. The zero-order valence-electron chi connectivity index (χ0n) is 21.6. The van der Waals surface area contributed by atoms with Crippen molar-refractivity contribution in [2.75, 3.05) is 59.8 Å². The number of ether oxygens (including phenoxy) is 2. The number of hydrogen-bond donors (Lipinski definition) is 1. The highest BCUT2D eigenvalue weighted by molar-refractivity contribution is 5.98. The van der Waals surface area contributed by atoms with Gasteiger partial charge in [-0.2, -0.15) is 0 Å². The van der Waals surface area contributed by atoms with Gasteiger partial charge in [0.2, 0.25) is 11.8 Å². The van der Waals surface area contributed by atoms with E-state index in [-0.39, 0.29) is 48.9 Å². The Balaban J connectivity index is 2.42. The van der Waals surface area contributed by atoms with Crippen LogP contribution in [0, 0.1) is 5.92 Å². The second-order valence-electron chi connectivity index (χ2n) is 9.39. The minimum atomic E-state index is -0.243. The summed E-state index contributed by atoms with van der Waals surface area (Å²) < 4.78 is 11.8. The van der Waals surface area contributed by atoms with Gasteiger partial charge in [0, 0.05) is 51.3 Å². The van der Waals surface area contributed by atoms with Crippen molar-refractivity contribution in [3.05, 3.63) is 23.8 Å². The van der Waals surface area contributed by atoms with Crippen molar-refractivity contribution in [3.8, 4) is 5.75 Å². The van der Waals surface area contributed by atoms with E-state index in [1.807, 2.05) is 44.7 Å². The second kappa shape index (κ2) is 12.7. The van der Waals surface area contributed by atoms with Gasteiger partial charge in [0.05, 0.1) is 24.3 Å². The van der Waals surface area contributed by atoms with Gasteiger partial charge in [0.1, 0.15) is 12.4 Å². The number of likely N-dealkylation sites (N-methyl/N-ethyl adjacent to an activating group) is 2. The van der Waals surface area contributed by atoms with E-state index in [1.165, 1.54) is 0 Å². The van der Waals surface area contributed by atoms with Crippen LogP contribution >= 0.6 is 0 Å². The second-order valence-corrected chi connectivity index (χ2v) is 9.39. The maximum atomic E-state index is 13.3. The van der Waals surface area contributed by atoms with E-state index in [4.69, 9.17) is 9.47 Å². The summed E-state index contributed by atoms with van der Waals surface area (Å²) in [7, 11) is 7.08. The first-order valence-electron chi connectivity index (χ1n) is 11.9. The lowest BCUT2D eigenvalue weighted by atomic mass is 10.0. The standard InChI is InChI=1S/C25H40N4O5/c1-8-9-23(30)26-19-10-11-20-21(12-19)34-16-18(3)29(24(31)15-27(4)5)13-17(2)22(33-7)14-28(6)25(20)32/h10-12,17-18,22H,8-9,13-16H2,1-7H3,(H,26,30)/t17-,18-,22+/m0/s1. The Labute approximate surface area is 203 Å². The number of rotatable bonds is 6. The molecule has 0 saturated carbocycles. The molecule has 0 aromatic heterocycles. The molecule has 0 unspecified atom stereocenters. The number of carbonyl (C=O) groups excluding carboxylic acids is 3. The molecule has 0 spiro atoms. The van der Waals surface area contributed by atoms with E-state index < -0.39 is 0 Å². The van der Waals surface area contributed by atoms with Crippen molar-refractivity contribution in [1.29, 1.82) is 0 Å². The number of hydrogen-bond acceptors (Lipinski definition) is 6. The van der Waals surface area contributed by atoms with Crippen LogP contribution in [0.3, 0.4) is 0 Å². The summed E-state index contributed by atoms with van der Waals surface area (Å²) in [6.45, 7) is 7.26. The molecule has 1 aliphatic rings. The van der Waals surface area contributed by atoms with Gasteiger partial charge in [-0.15, -0.1) is 0 Å². The van der Waals surface area contributed by atoms with Gasteiger partial charge in [-0.3, -0.25) is 14.4 Å². The summed E-state index contributed by atoms with van der Waals surface area (Å²) in [5.74, 6) is 0.101. The number of benzene rings is 1. The highest BCUT2D eigenvalue weighted by Crippen LogP contribution is 2.27. The Bertz CT molecular complexity index is 860. The van der Waals surface area contributed by atoms with E-state index in [9.17, 15) is 14.4 Å². The minimum absolute atomic E-state index is 0.00358. The highest BCUT2D eigenvalue weighted by Gasteiger charge is 2.30. The number of anilines is 1. The highest BCUT2D eigenvalue weighted by atomic mass is 16.5. The van der Waals surface area contributed by atoms with E-state index in [2.05, 4.69) is 5.32 Å². The molecule has 9 nitrogen and oxygen atoms in total. The Kier molecular flexibility index (Phi) is 10.3. The van der Waals surface area contributed by atoms with Crippen molar-refractivity contribution >= 4 is 23.4 Å². The van der Waals surface area contributed by atoms with E-state index in [1.54, 1.807) is 37.3 Å². The van der Waals surface area contributed by atoms with Crippen LogP contribution in [0.5, 0.6) is 5.75 Å². The zero-order valence-corrected chi connectivity index (χ0v) is 21.6. The molecule has 0 saturated heterocycles. The van der Waals surface area contributed by atoms with Gasteiger partial charge in [-0.1, -0.05) is 13.8 Å². The Morgan fingerprint density at radius 3 is 2.56 bits per heavy atom. The lowest BCUT2D eigenvalue weighted by molar-refractivity contribution is -0.136. The summed E-state index contributed by atoms with van der Waals surface area (Å²) >= 11 is 0. The van der Waals surface area contributed by atoms with Crippen LogP contribution in [0.1, 0.15) is 44.0 Å². The van der Waals surface area contributed by atoms with Crippen LogP contribution in [0.15, 0.2) is 18.2 Å². The van der Waals surface area contributed by atoms with Gasteiger partial charge in [-0.05, 0) is 39.6 Å². The maximum absolute atomic E-state index is 13.3. The Morgan fingerprint density at radius 2 is 1.94 bits per heavy atom. The third kappa shape index (κ3) is 7.43. The minimum Gasteiger partial charge on any atom is -0.491 e. The number of nitrogens with one attached hydrogen (secondary N) is 1. The molecule has 1 N–H and O–H groups in total. The smallest absolute Gasteiger partial charge is 0.257 e. The first-order chi connectivity index (χ1) is 16.1. The van der Waals surface area contributed by atoms with Gasteiger partial charge in [0.15, 0.2) is 0 Å². The fourth-order valence-electron chi connectivity index (χ4n) is 4.01. The summed E-state index contributed by atoms with van der Waals surface area (Å²) in [5.41, 5.74) is 0.966. The predicted octanol–water partition coefficient (Wildman–Crippen LogP) is 2.32. The average Bonchev–Trinajstić information content (AvgIpc) is 2.77. The number of carbonyl (C=O) groups is 3. The van der Waals surface area contributed by atoms with E-state index in [0.29, 0.717) is 36.5 Å². The molecular formula is C25H40N4O5. The normalized spacial score (nSPS) is 21.9. The molecule has 0 aliphatic carbocycles. The van der Waals surface area contributed by atoms with Crippen LogP contribution < -0.4 is 10.1 Å². The van der Waals surface area contributed by atoms with Crippen molar-refractivity contribution in [2.24, 2.45) is 5.92 Å². The molecule has 3 atom stereocenters. The molecule has 3 amide bonds. The van der Waals surface area contributed by atoms with Crippen molar-refractivity contribution < 1.29 is 23.9 Å². The van der Waals surface area contributed by atoms with Crippen LogP contribution in [-0.4, -0.2) is 99.1 Å². The topological polar surface area (TPSA) is 91.4 Å². The van der Waals surface area contributed by atoms with Gasteiger partial charge in [-0.25, -0.2) is 0 Å². The molecule has 34 heavy (non-hydrogen) atoms. The molecule has 2 rings (SSSR count). The molecule has 0 fully saturated rings. The quantitative estimate of drug-likeness (QED) is 0.678. The molecule has 1 heterocycles. The number of amides is 3. The fraction of sp³-hybridized carbons (Fsp3) is 0.640. The maximum Gasteiger partial charge on any atom is 0.257 e. The van der Waals surface area contributed by atoms with Gasteiger partial charge in [0.25, 0.3) is 5.91 Å². The molecule has 0 radical (unpaired) electrons. The van der Waals surface area contributed by atoms with E-state index >= 15 is 0 Å². The molecule has 0 bridgehead atoms. The zero-order chi connectivity index (χ0) is 25.4. The first kappa shape index (κ1) is 27.6. The molecule has 1 aromatic carbocycles. The Morgan fingerprint density at radius 1 is 1.24 bits per heavy atom. The van der Waals surface area contributed by atoms with Gasteiger partial charge >= 0.3 is 0 Å². The number of methoxy groups -OCH3 is 1. The van der Waals surface area contributed by atoms with Crippen molar-refractivity contribution in [1.82, 2.24) is 14.7 Å². The summed E-state index contributed by atoms with van der Waals surface area (Å²) in [6.07, 6.45) is 0.910. The third-order valence-electron chi connectivity index (χ3n) is 5.98. The number of nitrogens with zero attached hydrogens (tertiary/aromatic N) is 3. The van der Waals surface area contributed by atoms with Crippen molar-refractivity contribution in [3.63, 3.8) is 0 Å². The molecule has 9 heteroatoms. The van der Waals surface area contributed by atoms with Gasteiger partial charge < -0.3 is 29.5 Å². The van der Waals surface area contributed by atoms with Crippen LogP contribution in [0.4, 0.5) is 5.69 Å². The van der Waals surface area contributed by atoms with Crippen molar-refractivity contribution in [2.45, 2.75) is 45.8 Å².